The first-order chi connectivity index (χ1) is 11.8. The molecule has 25 heavy (non-hydrogen) atoms. The van der Waals surface area contributed by atoms with Gasteiger partial charge in [0.2, 0.25) is 6.23 Å². The molecule has 2 N–H and O–H groups in total. The minimum absolute atomic E-state index is 0.174. The first-order valence-corrected chi connectivity index (χ1v) is 9.17. The van der Waals surface area contributed by atoms with E-state index in [1.807, 2.05) is 37.0 Å². The van der Waals surface area contributed by atoms with Gasteiger partial charge in [-0.15, -0.1) is 0 Å². The molecule has 8 heteroatoms. The summed E-state index contributed by atoms with van der Waals surface area (Å²) in [4.78, 5) is 17.6. The molecular formula is C17H16Br2N2O4. The highest BCUT2D eigenvalue weighted by Gasteiger charge is 2.42. The number of ether oxygens (including phenoxy) is 1. The molecule has 3 rings (SSSR count). The lowest BCUT2D eigenvalue weighted by Gasteiger charge is -2.45. The fourth-order valence-electron chi connectivity index (χ4n) is 3.12. The Morgan fingerprint density at radius 2 is 1.92 bits per heavy atom. The molecule has 6 nitrogen and oxygen atoms in total. The lowest BCUT2D eigenvalue weighted by molar-refractivity contribution is 0.00871. The van der Waals surface area contributed by atoms with Crippen molar-refractivity contribution >= 4 is 43.9 Å². The lowest BCUT2D eigenvalue weighted by Crippen LogP contribution is -2.47. The van der Waals surface area contributed by atoms with E-state index < -0.39 is 12.4 Å². The van der Waals surface area contributed by atoms with E-state index in [1.165, 1.54) is 0 Å². The number of rotatable bonds is 2. The predicted molar refractivity (Wildman–Crippen MR) is 101 cm³/mol. The molecule has 0 radical (unpaired) electrons. The van der Waals surface area contributed by atoms with Crippen molar-refractivity contribution in [1.82, 2.24) is 4.90 Å². The summed E-state index contributed by atoms with van der Waals surface area (Å²) in [6, 6.07) is 6.67. The number of aliphatic imine (C=N–C) groups is 1. The second-order valence-electron chi connectivity index (χ2n) is 5.92. The van der Waals surface area contributed by atoms with E-state index in [4.69, 9.17) is 9.84 Å². The maximum absolute atomic E-state index is 11.1. The summed E-state index contributed by atoms with van der Waals surface area (Å²) < 4.78 is 6.66. The first kappa shape index (κ1) is 18.0. The number of allylic oxidation sites excluding steroid dienone is 3. The van der Waals surface area contributed by atoms with E-state index in [2.05, 4.69) is 36.9 Å². The third-order valence-corrected chi connectivity index (χ3v) is 5.72. The van der Waals surface area contributed by atoms with Crippen LogP contribution in [0.4, 0.5) is 4.79 Å². The van der Waals surface area contributed by atoms with E-state index in [-0.39, 0.29) is 17.7 Å². The first-order valence-electron chi connectivity index (χ1n) is 7.59. The Labute approximate surface area is 161 Å². The molecule has 0 amide bonds. The van der Waals surface area contributed by atoms with Gasteiger partial charge in [-0.1, -0.05) is 19.1 Å². The molecule has 2 aliphatic rings. The number of phenolic OH excluding ortho intramolecular Hbond substituents is 1. The Balaban J connectivity index is 2.14. The van der Waals surface area contributed by atoms with Gasteiger partial charge in [0.15, 0.2) is 0 Å². The number of fused-ring (bicyclic) bond motifs is 1. The SMILES string of the molecule is CC1=C(Br)C=C(Br)C2=NC(OC(=O)O)C(C)C(c3ccc(O)cc3)N21. The average Bonchev–Trinajstić information content (AvgIpc) is 2.54. The Bertz CT molecular complexity index is 801. The smallest absolute Gasteiger partial charge is 0.507 e. The summed E-state index contributed by atoms with van der Waals surface area (Å²) in [5.41, 5.74) is 1.89. The van der Waals surface area contributed by atoms with Crippen LogP contribution in [0.3, 0.4) is 0 Å². The number of halogens is 2. The van der Waals surface area contributed by atoms with E-state index in [1.54, 1.807) is 12.1 Å². The summed E-state index contributed by atoms with van der Waals surface area (Å²) >= 11 is 7.06. The molecule has 0 bridgehead atoms. The van der Waals surface area contributed by atoms with E-state index in [0.717, 1.165) is 20.2 Å². The molecule has 2 aliphatic heterocycles. The number of hydrogen-bond acceptors (Lipinski definition) is 5. The standard InChI is InChI=1S/C17H16Br2N2O4/c1-8-14(10-3-5-11(22)6-4-10)21-9(2)12(18)7-13(19)15(21)20-16(8)25-17(23)24/h3-8,14,16,22H,1-2H3,(H,23,24). The molecule has 1 aromatic rings. The van der Waals surface area contributed by atoms with Crippen LogP contribution in [0.15, 0.2) is 50.0 Å². The van der Waals surface area contributed by atoms with Crippen LogP contribution in [-0.2, 0) is 4.74 Å². The van der Waals surface area contributed by atoms with Crippen molar-refractivity contribution in [3.63, 3.8) is 0 Å². The molecule has 0 aromatic heterocycles. The quantitative estimate of drug-likeness (QED) is 0.609. The Kier molecular flexibility index (Phi) is 4.92. The van der Waals surface area contributed by atoms with Gasteiger partial charge in [0, 0.05) is 16.1 Å². The van der Waals surface area contributed by atoms with Crippen molar-refractivity contribution in [2.24, 2.45) is 10.9 Å². The largest absolute Gasteiger partial charge is 0.508 e. The molecule has 0 fully saturated rings. The number of carbonyl (C=O) groups is 1. The van der Waals surface area contributed by atoms with Crippen LogP contribution < -0.4 is 0 Å². The topological polar surface area (TPSA) is 82.4 Å². The van der Waals surface area contributed by atoms with Gasteiger partial charge < -0.3 is 19.8 Å². The van der Waals surface area contributed by atoms with Crippen LogP contribution in [-0.4, -0.2) is 33.3 Å². The molecule has 0 aliphatic carbocycles. The van der Waals surface area contributed by atoms with Crippen molar-refractivity contribution in [1.29, 1.82) is 0 Å². The van der Waals surface area contributed by atoms with Crippen molar-refractivity contribution in [2.45, 2.75) is 26.1 Å². The van der Waals surface area contributed by atoms with E-state index in [0.29, 0.717) is 5.84 Å². The summed E-state index contributed by atoms with van der Waals surface area (Å²) in [7, 11) is 0. The fraction of sp³-hybridized carbons (Fsp3) is 0.294. The predicted octanol–water partition coefficient (Wildman–Crippen LogP) is 4.72. The highest BCUT2D eigenvalue weighted by molar-refractivity contribution is 9.12. The van der Waals surface area contributed by atoms with Gasteiger partial charge in [0.1, 0.15) is 11.6 Å². The van der Waals surface area contributed by atoms with Crippen molar-refractivity contribution < 1.29 is 19.7 Å². The minimum atomic E-state index is -1.36. The third kappa shape index (κ3) is 3.32. The second kappa shape index (κ2) is 6.84. The van der Waals surface area contributed by atoms with E-state index >= 15 is 0 Å². The number of carboxylic acid groups (broad SMARTS) is 1. The highest BCUT2D eigenvalue weighted by Crippen LogP contribution is 2.44. The van der Waals surface area contributed by atoms with Gasteiger partial charge in [-0.3, -0.25) is 0 Å². The number of amidine groups is 1. The molecule has 132 valence electrons. The van der Waals surface area contributed by atoms with Gasteiger partial charge in [0.25, 0.3) is 0 Å². The monoisotopic (exact) mass is 470 g/mol. The molecule has 2 heterocycles. The summed E-state index contributed by atoms with van der Waals surface area (Å²) in [5, 5.41) is 18.6. The number of nitrogens with zero attached hydrogens (tertiary/aromatic N) is 2. The zero-order valence-corrected chi connectivity index (χ0v) is 16.7. The molecule has 0 spiro atoms. The van der Waals surface area contributed by atoms with Gasteiger partial charge in [-0.05, 0) is 62.6 Å². The second-order valence-corrected chi connectivity index (χ2v) is 7.63. The van der Waals surface area contributed by atoms with Crippen LogP contribution in [0.1, 0.15) is 25.5 Å². The Morgan fingerprint density at radius 1 is 1.28 bits per heavy atom. The maximum Gasteiger partial charge on any atom is 0.507 e. The lowest BCUT2D eigenvalue weighted by atomic mass is 9.88. The van der Waals surface area contributed by atoms with Crippen LogP contribution in [0.2, 0.25) is 0 Å². The molecule has 3 atom stereocenters. The van der Waals surface area contributed by atoms with Gasteiger partial charge in [-0.25, -0.2) is 9.79 Å². The normalized spacial score (nSPS) is 25.9. The van der Waals surface area contributed by atoms with Gasteiger partial charge in [0.05, 0.1) is 10.5 Å². The van der Waals surface area contributed by atoms with Crippen LogP contribution in [0.5, 0.6) is 5.75 Å². The number of phenols is 1. The summed E-state index contributed by atoms with van der Waals surface area (Å²) in [6.45, 7) is 3.87. The molecular weight excluding hydrogens is 456 g/mol. The van der Waals surface area contributed by atoms with Crippen molar-refractivity contribution in [2.75, 3.05) is 0 Å². The number of hydrogen-bond donors (Lipinski definition) is 2. The van der Waals surface area contributed by atoms with Crippen molar-refractivity contribution in [3.05, 3.63) is 50.6 Å². The minimum Gasteiger partial charge on any atom is -0.508 e. The van der Waals surface area contributed by atoms with Crippen molar-refractivity contribution in [3.8, 4) is 5.75 Å². The third-order valence-electron chi connectivity index (χ3n) is 4.33. The van der Waals surface area contributed by atoms with Crippen LogP contribution >= 0.6 is 31.9 Å². The maximum atomic E-state index is 11.1. The zero-order chi connectivity index (χ0) is 18.3. The number of benzene rings is 1. The van der Waals surface area contributed by atoms with Gasteiger partial charge in [-0.2, -0.15) is 0 Å². The zero-order valence-electron chi connectivity index (χ0n) is 13.5. The summed E-state index contributed by atoms with van der Waals surface area (Å²) in [6.07, 6.45) is -0.302. The van der Waals surface area contributed by atoms with Crippen LogP contribution in [0.25, 0.3) is 0 Å². The fourth-order valence-corrected chi connectivity index (χ4v) is 4.37. The highest BCUT2D eigenvalue weighted by atomic mass is 79.9. The Hall–Kier alpha value is -1.80. The molecule has 3 unspecified atom stereocenters. The van der Waals surface area contributed by atoms with E-state index in [9.17, 15) is 9.90 Å². The average molecular weight is 472 g/mol. The molecule has 0 saturated carbocycles. The summed E-state index contributed by atoms with van der Waals surface area (Å²) in [5.74, 6) is 0.550. The van der Waals surface area contributed by atoms with Crippen LogP contribution in [0, 0.1) is 5.92 Å². The molecule has 0 saturated heterocycles. The number of aromatic hydroxyl groups is 1. The molecule has 1 aromatic carbocycles. The Morgan fingerprint density at radius 3 is 2.52 bits per heavy atom. The van der Waals surface area contributed by atoms with Gasteiger partial charge >= 0.3 is 6.16 Å².